The fourth-order valence-corrected chi connectivity index (χ4v) is 5.57. The summed E-state index contributed by atoms with van der Waals surface area (Å²) in [6.07, 6.45) is 0. The molecule has 0 saturated heterocycles. The predicted octanol–water partition coefficient (Wildman–Crippen LogP) is 2.45. The summed E-state index contributed by atoms with van der Waals surface area (Å²) in [4.78, 5) is 13.1. The molecule has 0 saturated carbocycles. The van der Waals surface area contributed by atoms with Gasteiger partial charge in [0.2, 0.25) is 10.0 Å². The molecule has 0 spiro atoms. The summed E-state index contributed by atoms with van der Waals surface area (Å²) < 4.78 is 39.3. The van der Waals surface area contributed by atoms with E-state index < -0.39 is 26.7 Å². The van der Waals surface area contributed by atoms with E-state index in [0.29, 0.717) is 28.6 Å². The van der Waals surface area contributed by atoms with Crippen molar-refractivity contribution in [3.8, 4) is 5.69 Å². The quantitative estimate of drug-likeness (QED) is 0.633. The minimum atomic E-state index is -3.58. The molecule has 2 heterocycles. The van der Waals surface area contributed by atoms with Gasteiger partial charge in [0.1, 0.15) is 5.82 Å². The Bertz CT molecular complexity index is 1300. The third-order valence-corrected chi connectivity index (χ3v) is 8.18. The van der Waals surface area contributed by atoms with E-state index in [4.69, 9.17) is 0 Å². The number of anilines is 1. The molecule has 0 bridgehead atoms. The van der Waals surface area contributed by atoms with Gasteiger partial charge in [-0.15, -0.1) is 0 Å². The maximum atomic E-state index is 13.0. The van der Waals surface area contributed by atoms with E-state index in [2.05, 4.69) is 10.4 Å². The number of aromatic nitrogens is 2. The van der Waals surface area contributed by atoms with Crippen LogP contribution in [0.1, 0.15) is 27.2 Å². The summed E-state index contributed by atoms with van der Waals surface area (Å²) in [5.41, 5.74) is 3.60. The number of benzene rings is 2. The zero-order valence-corrected chi connectivity index (χ0v) is 19.0. The first-order chi connectivity index (χ1) is 14.7. The van der Waals surface area contributed by atoms with E-state index in [1.807, 2.05) is 31.2 Å². The Labute approximate surface area is 183 Å². The Balaban J connectivity index is 1.69. The largest absolute Gasteiger partial charge is 0.306 e. The van der Waals surface area contributed by atoms with Crippen LogP contribution in [0.4, 0.5) is 5.82 Å². The van der Waals surface area contributed by atoms with E-state index >= 15 is 0 Å². The van der Waals surface area contributed by atoms with Crippen LogP contribution in [-0.4, -0.2) is 46.7 Å². The Hall–Kier alpha value is -2.82. The van der Waals surface area contributed by atoms with Crippen molar-refractivity contribution in [1.82, 2.24) is 14.1 Å². The van der Waals surface area contributed by atoms with Crippen LogP contribution < -0.4 is 5.32 Å². The number of amides is 1. The normalized spacial score (nSPS) is 15.8. The first-order valence-corrected chi connectivity index (χ1v) is 12.5. The second-order valence-electron chi connectivity index (χ2n) is 7.47. The van der Waals surface area contributed by atoms with Crippen LogP contribution >= 0.6 is 0 Å². The molecule has 8 nitrogen and oxygen atoms in total. The van der Waals surface area contributed by atoms with Gasteiger partial charge in [-0.1, -0.05) is 18.2 Å². The average Bonchev–Trinajstić information content (AvgIpc) is 3.25. The molecule has 0 fully saturated rings. The number of rotatable bonds is 5. The van der Waals surface area contributed by atoms with Gasteiger partial charge in [-0.05, 0) is 42.8 Å². The molecule has 10 heteroatoms. The molecule has 1 atom stereocenters. The van der Waals surface area contributed by atoms with Crippen LogP contribution in [0.15, 0.2) is 53.4 Å². The van der Waals surface area contributed by atoms with Crippen molar-refractivity contribution in [3.63, 3.8) is 0 Å². The molecule has 1 aliphatic heterocycles. The SMILES string of the molecule is Cc1ccccc1-n1nc2c(c1NC(=O)c1ccc(S(=O)(=O)N(C)C)cc1)CS(=O)C2. The molecule has 1 N–H and O–H groups in total. The Kier molecular flexibility index (Phi) is 5.54. The number of fused-ring (bicyclic) bond motifs is 1. The van der Waals surface area contributed by atoms with E-state index in [-0.39, 0.29) is 4.90 Å². The van der Waals surface area contributed by atoms with Crippen molar-refractivity contribution < 1.29 is 17.4 Å². The number of aryl methyl sites for hydroxylation is 1. The van der Waals surface area contributed by atoms with Gasteiger partial charge in [-0.2, -0.15) is 5.10 Å². The lowest BCUT2D eigenvalue weighted by Gasteiger charge is -2.14. The summed E-state index contributed by atoms with van der Waals surface area (Å²) in [7, 11) is -1.72. The maximum Gasteiger partial charge on any atom is 0.256 e. The third kappa shape index (κ3) is 3.93. The Morgan fingerprint density at radius 3 is 2.42 bits per heavy atom. The molecule has 0 aliphatic carbocycles. The highest BCUT2D eigenvalue weighted by molar-refractivity contribution is 7.89. The van der Waals surface area contributed by atoms with Crippen LogP contribution in [0.2, 0.25) is 0 Å². The van der Waals surface area contributed by atoms with E-state index in [9.17, 15) is 17.4 Å². The molecule has 3 aromatic rings. The lowest BCUT2D eigenvalue weighted by Crippen LogP contribution is -2.22. The number of hydrogen-bond acceptors (Lipinski definition) is 5. The van der Waals surface area contributed by atoms with Crippen molar-refractivity contribution in [2.45, 2.75) is 23.3 Å². The minimum Gasteiger partial charge on any atom is -0.306 e. The van der Waals surface area contributed by atoms with Gasteiger partial charge in [0.15, 0.2) is 0 Å². The Morgan fingerprint density at radius 1 is 1.10 bits per heavy atom. The van der Waals surface area contributed by atoms with Gasteiger partial charge in [0, 0.05) is 36.0 Å². The monoisotopic (exact) mass is 458 g/mol. The number of nitrogens with zero attached hydrogens (tertiary/aromatic N) is 3. The van der Waals surface area contributed by atoms with Crippen LogP contribution in [0.3, 0.4) is 0 Å². The molecular formula is C21H22N4O4S2. The molecule has 1 unspecified atom stereocenters. The minimum absolute atomic E-state index is 0.107. The van der Waals surface area contributed by atoms with Crippen molar-refractivity contribution in [2.24, 2.45) is 0 Å². The van der Waals surface area contributed by atoms with Crippen molar-refractivity contribution in [3.05, 3.63) is 70.9 Å². The van der Waals surface area contributed by atoms with Crippen molar-refractivity contribution in [1.29, 1.82) is 0 Å². The van der Waals surface area contributed by atoms with Crippen LogP contribution in [0.5, 0.6) is 0 Å². The first-order valence-electron chi connectivity index (χ1n) is 9.54. The third-order valence-electron chi connectivity index (χ3n) is 5.14. The summed E-state index contributed by atoms with van der Waals surface area (Å²) in [6, 6.07) is 13.4. The second-order valence-corrected chi connectivity index (χ2v) is 11.1. The van der Waals surface area contributed by atoms with Crippen LogP contribution in [0, 0.1) is 6.92 Å². The molecule has 0 radical (unpaired) electrons. The average molecular weight is 459 g/mol. The number of hydrogen-bond donors (Lipinski definition) is 1. The first kappa shape index (κ1) is 21.4. The highest BCUT2D eigenvalue weighted by atomic mass is 32.2. The zero-order valence-electron chi connectivity index (χ0n) is 17.3. The maximum absolute atomic E-state index is 13.0. The van der Waals surface area contributed by atoms with E-state index in [1.54, 1.807) is 4.68 Å². The van der Waals surface area contributed by atoms with Gasteiger partial charge in [-0.25, -0.2) is 17.4 Å². The molecular weight excluding hydrogens is 436 g/mol. The lowest BCUT2D eigenvalue weighted by atomic mass is 10.2. The second kappa shape index (κ2) is 8.03. The van der Waals surface area contributed by atoms with Crippen LogP contribution in [0.25, 0.3) is 5.69 Å². The summed E-state index contributed by atoms with van der Waals surface area (Å²) >= 11 is 0. The fraction of sp³-hybridized carbons (Fsp3) is 0.238. The van der Waals surface area contributed by atoms with Crippen molar-refractivity contribution in [2.75, 3.05) is 19.4 Å². The molecule has 1 amide bonds. The Morgan fingerprint density at radius 2 is 1.77 bits per heavy atom. The zero-order chi connectivity index (χ0) is 22.3. The molecule has 1 aromatic heterocycles. The fourth-order valence-electron chi connectivity index (χ4n) is 3.40. The lowest BCUT2D eigenvalue weighted by molar-refractivity contribution is 0.102. The summed E-state index contributed by atoms with van der Waals surface area (Å²) in [5, 5.41) is 7.51. The summed E-state index contributed by atoms with van der Waals surface area (Å²) in [5.74, 6) is 0.777. The topological polar surface area (TPSA) is 101 Å². The van der Waals surface area contributed by atoms with Gasteiger partial charge in [0.25, 0.3) is 5.91 Å². The van der Waals surface area contributed by atoms with E-state index in [1.165, 1.54) is 38.4 Å². The molecule has 162 valence electrons. The number of carbonyl (C=O) groups is 1. The van der Waals surface area contributed by atoms with Gasteiger partial charge in [0.05, 0.1) is 27.8 Å². The molecule has 4 rings (SSSR count). The molecule has 2 aromatic carbocycles. The molecule has 1 aliphatic rings. The number of sulfonamides is 1. The standard InChI is InChI=1S/C21H22N4O4S2/c1-14-6-4-5-7-19(14)25-20(17-12-30(27)13-18(17)23-25)22-21(26)15-8-10-16(11-9-15)31(28,29)24(2)3/h4-11H,12-13H2,1-3H3,(H,22,26). The highest BCUT2D eigenvalue weighted by Gasteiger charge is 2.29. The predicted molar refractivity (Wildman–Crippen MR) is 119 cm³/mol. The smallest absolute Gasteiger partial charge is 0.256 e. The molecule has 31 heavy (non-hydrogen) atoms. The van der Waals surface area contributed by atoms with Crippen molar-refractivity contribution >= 4 is 32.5 Å². The summed E-state index contributed by atoms with van der Waals surface area (Å²) in [6.45, 7) is 1.95. The van der Waals surface area contributed by atoms with E-state index in [0.717, 1.165) is 21.1 Å². The van der Waals surface area contributed by atoms with Crippen LogP contribution in [-0.2, 0) is 32.3 Å². The van der Waals surface area contributed by atoms with Gasteiger partial charge in [-0.3, -0.25) is 9.00 Å². The van der Waals surface area contributed by atoms with Gasteiger partial charge < -0.3 is 5.32 Å². The van der Waals surface area contributed by atoms with Gasteiger partial charge >= 0.3 is 0 Å². The number of carbonyl (C=O) groups excluding carboxylic acids is 1. The number of nitrogens with one attached hydrogen (secondary N) is 1. The number of para-hydroxylation sites is 1. The highest BCUT2D eigenvalue weighted by Crippen LogP contribution is 2.32.